The van der Waals surface area contributed by atoms with Gasteiger partial charge in [0.05, 0.1) is 16.1 Å². The van der Waals surface area contributed by atoms with Gasteiger partial charge in [-0.05, 0) is 6.92 Å². The first-order valence-corrected chi connectivity index (χ1v) is 8.66. The second-order valence-electron chi connectivity index (χ2n) is 3.87. The van der Waals surface area contributed by atoms with Crippen LogP contribution in [-0.4, -0.2) is 18.3 Å². The van der Waals surface area contributed by atoms with E-state index < -0.39 is 14.9 Å². The second-order valence-corrected chi connectivity index (χ2v) is 7.85. The smallest absolute Gasteiger partial charge is 0.306 e. The highest BCUT2D eigenvalue weighted by Gasteiger charge is 2.25. The summed E-state index contributed by atoms with van der Waals surface area (Å²) in [5, 5.41) is 10.8. The molecule has 0 radical (unpaired) electrons. The molecule has 0 saturated heterocycles. The van der Waals surface area contributed by atoms with E-state index in [4.69, 9.17) is 5.84 Å². The minimum atomic E-state index is -3.85. The Morgan fingerprint density at radius 1 is 1.52 bits per heavy atom. The van der Waals surface area contributed by atoms with Crippen LogP contribution in [0.25, 0.3) is 0 Å². The van der Waals surface area contributed by atoms with Gasteiger partial charge < -0.3 is 5.43 Å². The van der Waals surface area contributed by atoms with E-state index in [-0.39, 0.29) is 21.4 Å². The molecule has 0 aliphatic carbocycles. The van der Waals surface area contributed by atoms with Crippen LogP contribution in [0, 0.1) is 17.0 Å². The molecule has 0 aliphatic heterocycles. The number of nitrogens with one attached hydrogen (secondary N) is 2. The summed E-state index contributed by atoms with van der Waals surface area (Å²) in [7, 11) is -3.85. The standard InChI is InChI=1S/C9H11N5O4S3/c1-5-7(19-4-11-5)3-12-21(17,18)8-2-6(14(15)16)9(13-10)20-8/h2,4,12-13H,3,10H2,1H3. The van der Waals surface area contributed by atoms with Crippen molar-refractivity contribution in [3.63, 3.8) is 0 Å². The number of aryl methyl sites for hydroxylation is 1. The Hall–Kier alpha value is -1.60. The molecule has 0 aliphatic rings. The average Bonchev–Trinajstić information content (AvgIpc) is 3.02. The summed E-state index contributed by atoms with van der Waals surface area (Å²) in [5.41, 5.74) is 4.10. The number of nitrogen functional groups attached to an aromatic ring is 1. The van der Waals surface area contributed by atoms with Crippen molar-refractivity contribution in [3.05, 3.63) is 32.3 Å². The summed E-state index contributed by atoms with van der Waals surface area (Å²) in [6, 6.07) is 0.974. The molecule has 0 saturated carbocycles. The van der Waals surface area contributed by atoms with Gasteiger partial charge >= 0.3 is 5.69 Å². The summed E-state index contributed by atoms with van der Waals surface area (Å²) < 4.78 is 26.5. The number of thiazole rings is 1. The number of rotatable bonds is 6. The molecule has 0 unspecified atom stereocenters. The summed E-state index contributed by atoms with van der Waals surface area (Å²) >= 11 is 2.02. The molecule has 0 spiro atoms. The molecular weight excluding hydrogens is 338 g/mol. The topological polar surface area (TPSA) is 140 Å². The third kappa shape index (κ3) is 3.36. The zero-order chi connectivity index (χ0) is 15.6. The van der Waals surface area contributed by atoms with Crippen molar-refractivity contribution in [1.29, 1.82) is 0 Å². The van der Waals surface area contributed by atoms with Crippen molar-refractivity contribution in [2.45, 2.75) is 17.7 Å². The molecule has 21 heavy (non-hydrogen) atoms. The highest BCUT2D eigenvalue weighted by molar-refractivity contribution is 7.91. The molecular formula is C9H11N5O4S3. The molecule has 2 heterocycles. The van der Waals surface area contributed by atoms with E-state index in [0.29, 0.717) is 11.3 Å². The van der Waals surface area contributed by atoms with Crippen molar-refractivity contribution >= 4 is 43.4 Å². The van der Waals surface area contributed by atoms with Crippen LogP contribution in [0.3, 0.4) is 0 Å². The molecule has 114 valence electrons. The third-order valence-corrected chi connectivity index (χ3v) is 6.42. The van der Waals surface area contributed by atoms with Crippen molar-refractivity contribution < 1.29 is 13.3 Å². The SMILES string of the molecule is Cc1ncsc1CNS(=O)(=O)c1cc([N+](=O)[O-])c(NN)s1. The van der Waals surface area contributed by atoms with E-state index >= 15 is 0 Å². The van der Waals surface area contributed by atoms with Gasteiger partial charge in [0.25, 0.3) is 10.0 Å². The number of sulfonamides is 1. The van der Waals surface area contributed by atoms with E-state index in [0.717, 1.165) is 16.6 Å². The van der Waals surface area contributed by atoms with Gasteiger partial charge in [0.2, 0.25) is 0 Å². The number of aromatic nitrogens is 1. The minimum Gasteiger partial charge on any atom is -0.310 e. The maximum Gasteiger partial charge on any atom is 0.306 e. The zero-order valence-electron chi connectivity index (χ0n) is 10.7. The summed E-state index contributed by atoms with van der Waals surface area (Å²) in [6.45, 7) is 1.85. The number of nitrogens with two attached hydrogens (primary N) is 1. The number of nitro groups is 1. The first-order chi connectivity index (χ1) is 9.85. The molecule has 0 atom stereocenters. The molecule has 0 aromatic carbocycles. The fraction of sp³-hybridized carbons (Fsp3) is 0.222. The number of hydrogen-bond acceptors (Lipinski definition) is 9. The Labute approximate surface area is 128 Å². The van der Waals surface area contributed by atoms with Crippen molar-refractivity contribution in [1.82, 2.24) is 9.71 Å². The first kappa shape index (κ1) is 15.8. The quantitative estimate of drug-likeness (QED) is 0.404. The fourth-order valence-corrected chi connectivity index (χ4v) is 4.54. The highest BCUT2D eigenvalue weighted by Crippen LogP contribution is 2.36. The maximum absolute atomic E-state index is 12.1. The largest absolute Gasteiger partial charge is 0.310 e. The lowest BCUT2D eigenvalue weighted by Crippen LogP contribution is -2.22. The van der Waals surface area contributed by atoms with E-state index in [2.05, 4.69) is 15.1 Å². The maximum atomic E-state index is 12.1. The van der Waals surface area contributed by atoms with Crippen LogP contribution in [0.2, 0.25) is 0 Å². The third-order valence-electron chi connectivity index (χ3n) is 2.55. The van der Waals surface area contributed by atoms with Crippen LogP contribution < -0.4 is 16.0 Å². The van der Waals surface area contributed by atoms with E-state index in [1.54, 1.807) is 12.4 Å². The Bertz CT molecular complexity index is 766. The Kier molecular flexibility index (Phi) is 4.53. The number of nitrogens with zero attached hydrogens (tertiary/aromatic N) is 2. The Morgan fingerprint density at radius 3 is 2.71 bits per heavy atom. The summed E-state index contributed by atoms with van der Waals surface area (Å²) in [4.78, 5) is 14.9. The van der Waals surface area contributed by atoms with Crippen molar-refractivity contribution in [3.8, 4) is 0 Å². The van der Waals surface area contributed by atoms with Crippen LogP contribution in [0.4, 0.5) is 10.7 Å². The lowest BCUT2D eigenvalue weighted by molar-refractivity contribution is -0.383. The second kappa shape index (κ2) is 6.03. The zero-order valence-corrected chi connectivity index (χ0v) is 13.1. The number of hydrazine groups is 1. The average molecular weight is 349 g/mol. The molecule has 2 aromatic rings. The van der Waals surface area contributed by atoms with Crippen LogP contribution in [0.15, 0.2) is 15.8 Å². The molecule has 9 nitrogen and oxygen atoms in total. The van der Waals surface area contributed by atoms with E-state index in [1.165, 1.54) is 11.3 Å². The van der Waals surface area contributed by atoms with Gasteiger partial charge in [0.15, 0.2) is 5.00 Å². The minimum absolute atomic E-state index is 0.0191. The Balaban J connectivity index is 2.23. The van der Waals surface area contributed by atoms with Gasteiger partial charge in [-0.25, -0.2) is 24.0 Å². The lowest BCUT2D eigenvalue weighted by atomic mass is 10.4. The van der Waals surface area contributed by atoms with Crippen LogP contribution in [0.1, 0.15) is 10.6 Å². The van der Waals surface area contributed by atoms with Gasteiger partial charge in [0.1, 0.15) is 4.21 Å². The predicted octanol–water partition coefficient (Wildman–Crippen LogP) is 1.19. The molecule has 4 N–H and O–H groups in total. The fourth-order valence-electron chi connectivity index (χ4n) is 1.46. The van der Waals surface area contributed by atoms with Crippen LogP contribution in [0.5, 0.6) is 0 Å². The van der Waals surface area contributed by atoms with Crippen molar-refractivity contribution in [2.24, 2.45) is 5.84 Å². The predicted molar refractivity (Wildman–Crippen MR) is 79.7 cm³/mol. The van der Waals surface area contributed by atoms with Crippen LogP contribution in [-0.2, 0) is 16.6 Å². The number of anilines is 1. The summed E-state index contributed by atoms with van der Waals surface area (Å²) in [5.74, 6) is 5.15. The van der Waals surface area contributed by atoms with Gasteiger partial charge in [-0.1, -0.05) is 11.3 Å². The number of hydrogen-bond donors (Lipinski definition) is 3. The van der Waals surface area contributed by atoms with Gasteiger partial charge in [-0.3, -0.25) is 10.1 Å². The van der Waals surface area contributed by atoms with Crippen molar-refractivity contribution in [2.75, 3.05) is 5.43 Å². The molecule has 12 heteroatoms. The first-order valence-electron chi connectivity index (χ1n) is 5.48. The molecule has 0 amide bonds. The van der Waals surface area contributed by atoms with E-state index in [9.17, 15) is 18.5 Å². The van der Waals surface area contributed by atoms with Crippen LogP contribution >= 0.6 is 22.7 Å². The molecule has 0 bridgehead atoms. The summed E-state index contributed by atoms with van der Waals surface area (Å²) in [6.07, 6.45) is 0. The molecule has 2 rings (SSSR count). The van der Waals surface area contributed by atoms with Gasteiger partial charge in [-0.15, -0.1) is 11.3 Å². The monoisotopic (exact) mass is 349 g/mol. The highest BCUT2D eigenvalue weighted by atomic mass is 32.2. The Morgan fingerprint density at radius 2 is 2.24 bits per heavy atom. The number of thiophene rings is 1. The molecule has 0 fully saturated rings. The lowest BCUT2D eigenvalue weighted by Gasteiger charge is -2.03. The molecule has 2 aromatic heterocycles. The van der Waals surface area contributed by atoms with Gasteiger partial charge in [0, 0.05) is 17.5 Å². The van der Waals surface area contributed by atoms with E-state index in [1.807, 2.05) is 0 Å². The normalized spacial score (nSPS) is 11.5. The van der Waals surface area contributed by atoms with Gasteiger partial charge in [-0.2, -0.15) is 0 Å².